The van der Waals surface area contributed by atoms with Crippen molar-refractivity contribution < 1.29 is 23.2 Å². The molecule has 2 saturated heterocycles. The van der Waals surface area contributed by atoms with Gasteiger partial charge in [0.15, 0.2) is 11.6 Å². The molecule has 0 aliphatic carbocycles. The topological polar surface area (TPSA) is 75.9 Å². The van der Waals surface area contributed by atoms with Gasteiger partial charge in [-0.3, -0.25) is 14.9 Å². The monoisotopic (exact) mass is 443 g/mol. The first-order chi connectivity index (χ1) is 15.4. The van der Waals surface area contributed by atoms with Gasteiger partial charge in [0.2, 0.25) is 0 Å². The number of carbonyl (C=O) groups excluding carboxylic acids is 1. The zero-order valence-electron chi connectivity index (χ0n) is 17.4. The van der Waals surface area contributed by atoms with Crippen LogP contribution < -0.4 is 4.90 Å². The molecule has 7 nitrogen and oxygen atoms in total. The smallest absolute Gasteiger partial charge is 0.293 e. The third kappa shape index (κ3) is 4.77. The maximum Gasteiger partial charge on any atom is 0.293 e. The molecule has 1 amide bonds. The van der Waals surface area contributed by atoms with Gasteiger partial charge in [0.05, 0.1) is 18.1 Å². The lowest BCUT2D eigenvalue weighted by molar-refractivity contribution is -0.384. The number of nitrogens with zero attached hydrogens (tertiary/aromatic N) is 3. The average Bonchev–Trinajstić information content (AvgIpc) is 2.81. The first-order valence-corrected chi connectivity index (χ1v) is 10.5. The number of carbonyl (C=O) groups is 1. The molecule has 2 aliphatic heterocycles. The number of rotatable bonds is 4. The van der Waals surface area contributed by atoms with Gasteiger partial charge < -0.3 is 14.5 Å². The van der Waals surface area contributed by atoms with Crippen molar-refractivity contribution in [3.8, 4) is 0 Å². The Morgan fingerprint density at radius 1 is 1.00 bits per heavy atom. The van der Waals surface area contributed by atoms with E-state index in [-0.39, 0.29) is 11.6 Å². The van der Waals surface area contributed by atoms with Crippen molar-refractivity contribution in [1.82, 2.24) is 4.90 Å². The molecular formula is C23H23F2N3O4. The van der Waals surface area contributed by atoms with Crippen LogP contribution >= 0.6 is 0 Å². The van der Waals surface area contributed by atoms with Gasteiger partial charge in [0.1, 0.15) is 5.69 Å². The van der Waals surface area contributed by atoms with Crippen LogP contribution in [0.1, 0.15) is 28.8 Å². The van der Waals surface area contributed by atoms with E-state index in [9.17, 15) is 23.7 Å². The number of nitro groups is 1. The minimum atomic E-state index is -0.890. The van der Waals surface area contributed by atoms with Crippen LogP contribution in [0.3, 0.4) is 0 Å². The van der Waals surface area contributed by atoms with Crippen LogP contribution in [-0.2, 0) is 4.74 Å². The molecule has 0 N–H and O–H groups in total. The summed E-state index contributed by atoms with van der Waals surface area (Å²) in [5.74, 6) is -2.01. The maximum absolute atomic E-state index is 13.4. The number of halogens is 2. The molecule has 32 heavy (non-hydrogen) atoms. The number of anilines is 1. The second kappa shape index (κ2) is 9.44. The number of nitro benzene ring substituents is 1. The summed E-state index contributed by atoms with van der Waals surface area (Å²) in [5, 5.41) is 11.7. The van der Waals surface area contributed by atoms with Gasteiger partial charge in [-0.25, -0.2) is 8.78 Å². The van der Waals surface area contributed by atoms with E-state index in [1.165, 1.54) is 12.1 Å². The lowest BCUT2D eigenvalue weighted by Gasteiger charge is -2.30. The Balaban J connectivity index is 1.49. The van der Waals surface area contributed by atoms with E-state index in [0.29, 0.717) is 69.0 Å². The van der Waals surface area contributed by atoms with Crippen molar-refractivity contribution >= 4 is 23.4 Å². The van der Waals surface area contributed by atoms with Crippen LogP contribution in [0.5, 0.6) is 0 Å². The summed E-state index contributed by atoms with van der Waals surface area (Å²) in [4.78, 5) is 27.5. The molecule has 2 heterocycles. The molecule has 2 aromatic carbocycles. The molecule has 0 radical (unpaired) electrons. The quantitative estimate of drug-likeness (QED) is 0.527. The molecule has 0 bridgehead atoms. The highest BCUT2D eigenvalue weighted by atomic mass is 19.2. The highest BCUT2D eigenvalue weighted by Crippen LogP contribution is 2.33. The first-order valence-electron chi connectivity index (χ1n) is 10.5. The summed E-state index contributed by atoms with van der Waals surface area (Å²) in [6, 6.07) is 8.39. The Labute approximate surface area is 184 Å². The Kier molecular flexibility index (Phi) is 6.45. The Hall–Kier alpha value is -3.33. The third-order valence-electron chi connectivity index (χ3n) is 5.78. The SMILES string of the molecule is O=C(c1ccc(N2CCC(=Cc3ccc(F)c(F)c3)CC2)c([N+](=O)[O-])c1)N1CCOCC1. The van der Waals surface area contributed by atoms with Crippen molar-refractivity contribution in [3.05, 3.63) is 74.8 Å². The van der Waals surface area contributed by atoms with Crippen LogP contribution in [0.15, 0.2) is 42.0 Å². The van der Waals surface area contributed by atoms with Crippen LogP contribution in [0, 0.1) is 21.7 Å². The summed E-state index contributed by atoms with van der Waals surface area (Å²) in [7, 11) is 0. The average molecular weight is 443 g/mol. The number of ether oxygens (including phenoxy) is 1. The van der Waals surface area contributed by atoms with Gasteiger partial charge in [-0.2, -0.15) is 0 Å². The number of benzene rings is 2. The molecule has 2 aliphatic rings. The molecule has 168 valence electrons. The van der Waals surface area contributed by atoms with Gasteiger partial charge >= 0.3 is 0 Å². The van der Waals surface area contributed by atoms with Gasteiger partial charge in [-0.15, -0.1) is 0 Å². The normalized spacial score (nSPS) is 16.8. The Bertz CT molecular complexity index is 1060. The van der Waals surface area contributed by atoms with E-state index in [2.05, 4.69) is 0 Å². The third-order valence-corrected chi connectivity index (χ3v) is 5.78. The van der Waals surface area contributed by atoms with Crippen LogP contribution in [0.25, 0.3) is 6.08 Å². The maximum atomic E-state index is 13.4. The van der Waals surface area contributed by atoms with E-state index >= 15 is 0 Å². The number of amides is 1. The van der Waals surface area contributed by atoms with Crippen molar-refractivity contribution in [2.75, 3.05) is 44.3 Å². The summed E-state index contributed by atoms with van der Waals surface area (Å²) in [6.45, 7) is 2.95. The highest BCUT2D eigenvalue weighted by Gasteiger charge is 2.26. The molecule has 0 saturated carbocycles. The number of hydrogen-bond donors (Lipinski definition) is 0. The van der Waals surface area contributed by atoms with E-state index in [1.807, 2.05) is 11.0 Å². The number of piperidine rings is 1. The lowest BCUT2D eigenvalue weighted by Crippen LogP contribution is -2.40. The van der Waals surface area contributed by atoms with Crippen molar-refractivity contribution in [1.29, 1.82) is 0 Å². The Morgan fingerprint density at radius 3 is 2.38 bits per heavy atom. The van der Waals surface area contributed by atoms with Crippen molar-refractivity contribution in [3.63, 3.8) is 0 Å². The molecular weight excluding hydrogens is 420 g/mol. The van der Waals surface area contributed by atoms with Crippen LogP contribution in [-0.4, -0.2) is 55.1 Å². The van der Waals surface area contributed by atoms with E-state index in [0.717, 1.165) is 17.7 Å². The Morgan fingerprint density at radius 2 is 1.72 bits per heavy atom. The van der Waals surface area contributed by atoms with Gasteiger partial charge in [-0.05, 0) is 42.7 Å². The zero-order chi connectivity index (χ0) is 22.7. The highest BCUT2D eigenvalue weighted by molar-refractivity contribution is 5.96. The molecule has 0 unspecified atom stereocenters. The molecule has 0 aromatic heterocycles. The fraction of sp³-hybridized carbons (Fsp3) is 0.348. The van der Waals surface area contributed by atoms with E-state index in [4.69, 9.17) is 4.74 Å². The molecule has 0 atom stereocenters. The molecule has 2 aromatic rings. The van der Waals surface area contributed by atoms with E-state index in [1.54, 1.807) is 17.0 Å². The fourth-order valence-electron chi connectivity index (χ4n) is 4.04. The standard InChI is InChI=1S/C23H23F2N3O4/c24-19-3-1-17(14-20(19)25)13-16-5-7-26(8-6-16)21-4-2-18(15-22(21)28(30)31)23(29)27-9-11-32-12-10-27/h1-4,13-15H,5-12H2. The molecule has 2 fully saturated rings. The summed E-state index contributed by atoms with van der Waals surface area (Å²) in [6.07, 6.45) is 3.12. The second-order valence-corrected chi connectivity index (χ2v) is 7.83. The predicted octanol–water partition coefficient (Wildman–Crippen LogP) is 4.03. The molecule has 9 heteroatoms. The van der Waals surface area contributed by atoms with Crippen LogP contribution in [0.2, 0.25) is 0 Å². The molecule has 0 spiro atoms. The second-order valence-electron chi connectivity index (χ2n) is 7.83. The zero-order valence-corrected chi connectivity index (χ0v) is 17.4. The minimum Gasteiger partial charge on any atom is -0.378 e. The fourth-order valence-corrected chi connectivity index (χ4v) is 4.04. The summed E-state index contributed by atoms with van der Waals surface area (Å²) < 4.78 is 31.8. The van der Waals surface area contributed by atoms with Crippen molar-refractivity contribution in [2.24, 2.45) is 0 Å². The summed E-state index contributed by atoms with van der Waals surface area (Å²) in [5.41, 5.74) is 2.31. The number of hydrogen-bond acceptors (Lipinski definition) is 5. The van der Waals surface area contributed by atoms with Gasteiger partial charge in [-0.1, -0.05) is 17.7 Å². The first kappa shape index (κ1) is 21.9. The van der Waals surface area contributed by atoms with Crippen LogP contribution in [0.4, 0.5) is 20.2 Å². The predicted molar refractivity (Wildman–Crippen MR) is 116 cm³/mol. The molecule has 4 rings (SSSR count). The lowest BCUT2D eigenvalue weighted by atomic mass is 9.99. The summed E-state index contributed by atoms with van der Waals surface area (Å²) >= 11 is 0. The minimum absolute atomic E-state index is 0.0999. The van der Waals surface area contributed by atoms with Crippen molar-refractivity contribution in [2.45, 2.75) is 12.8 Å². The van der Waals surface area contributed by atoms with E-state index < -0.39 is 16.6 Å². The largest absolute Gasteiger partial charge is 0.378 e. The number of morpholine rings is 1. The van der Waals surface area contributed by atoms with Gasteiger partial charge in [0.25, 0.3) is 11.6 Å². The van der Waals surface area contributed by atoms with Gasteiger partial charge in [0, 0.05) is 37.8 Å².